The first-order chi connectivity index (χ1) is 8.36. The van der Waals surface area contributed by atoms with Gasteiger partial charge in [0.2, 0.25) is 0 Å². The van der Waals surface area contributed by atoms with E-state index in [1.807, 2.05) is 13.8 Å². The Labute approximate surface area is 105 Å². The molecule has 0 aromatic heterocycles. The molecule has 0 bridgehead atoms. The van der Waals surface area contributed by atoms with Gasteiger partial charge in [0.25, 0.3) is 0 Å². The molecule has 1 heterocycles. The van der Waals surface area contributed by atoms with Crippen molar-refractivity contribution in [2.75, 3.05) is 6.54 Å². The summed E-state index contributed by atoms with van der Waals surface area (Å²) in [6, 6.07) is 10.6. The maximum Gasteiger partial charge on any atom is 0.0330 e. The standard InChI is InChI=1S/C14H17N.C2H6/c1-12(14-9-5-6-10-15-14)11-13-7-3-2-4-8-13;1-2/h2-9,12,15H,10-11H2,1H3;1-2H3. The average Bonchev–Trinajstić information content (AvgIpc) is 2.43. The molecule has 0 fully saturated rings. The van der Waals surface area contributed by atoms with Gasteiger partial charge in [-0.3, -0.25) is 0 Å². The summed E-state index contributed by atoms with van der Waals surface area (Å²) in [4.78, 5) is 0. The van der Waals surface area contributed by atoms with Gasteiger partial charge in [-0.2, -0.15) is 0 Å². The molecule has 1 aromatic rings. The lowest BCUT2D eigenvalue weighted by molar-refractivity contribution is 0.615. The van der Waals surface area contributed by atoms with Crippen LogP contribution in [0.4, 0.5) is 0 Å². The third-order valence-corrected chi connectivity index (χ3v) is 2.75. The van der Waals surface area contributed by atoms with Crippen molar-refractivity contribution in [1.29, 1.82) is 0 Å². The number of dihydropyridines is 1. The van der Waals surface area contributed by atoms with E-state index in [4.69, 9.17) is 0 Å². The molecule has 0 saturated carbocycles. The first kappa shape index (κ1) is 13.6. The zero-order chi connectivity index (χ0) is 12.5. The van der Waals surface area contributed by atoms with Gasteiger partial charge >= 0.3 is 0 Å². The highest BCUT2D eigenvalue weighted by Gasteiger charge is 2.09. The Morgan fingerprint density at radius 2 is 1.88 bits per heavy atom. The fraction of sp³-hybridized carbons (Fsp3) is 0.375. The zero-order valence-corrected chi connectivity index (χ0v) is 11.1. The SMILES string of the molecule is CC.CC(Cc1ccccc1)C1=CC=CCN1. The summed E-state index contributed by atoms with van der Waals surface area (Å²) in [5, 5.41) is 3.41. The summed E-state index contributed by atoms with van der Waals surface area (Å²) < 4.78 is 0. The van der Waals surface area contributed by atoms with Gasteiger partial charge in [-0.1, -0.05) is 63.3 Å². The van der Waals surface area contributed by atoms with Crippen LogP contribution in [0.5, 0.6) is 0 Å². The number of nitrogens with one attached hydrogen (secondary N) is 1. The number of hydrogen-bond donors (Lipinski definition) is 1. The van der Waals surface area contributed by atoms with Crippen LogP contribution in [-0.4, -0.2) is 6.54 Å². The van der Waals surface area contributed by atoms with E-state index in [0.717, 1.165) is 13.0 Å². The molecule has 0 saturated heterocycles. The highest BCUT2D eigenvalue weighted by molar-refractivity contribution is 5.22. The first-order valence-electron chi connectivity index (χ1n) is 6.51. The molecule has 1 atom stereocenters. The smallest absolute Gasteiger partial charge is 0.0330 e. The van der Waals surface area contributed by atoms with Crippen molar-refractivity contribution in [2.45, 2.75) is 27.2 Å². The van der Waals surface area contributed by atoms with Crippen molar-refractivity contribution < 1.29 is 0 Å². The molecule has 1 aliphatic heterocycles. The molecule has 1 aliphatic rings. The third kappa shape index (κ3) is 4.48. The van der Waals surface area contributed by atoms with E-state index in [0.29, 0.717) is 5.92 Å². The Kier molecular flexibility index (Phi) is 6.16. The quantitative estimate of drug-likeness (QED) is 0.828. The van der Waals surface area contributed by atoms with Gasteiger partial charge in [-0.05, 0) is 24.0 Å². The van der Waals surface area contributed by atoms with Crippen LogP contribution in [0, 0.1) is 5.92 Å². The molecule has 2 rings (SSSR count). The summed E-state index contributed by atoms with van der Waals surface area (Å²) in [5.41, 5.74) is 2.75. The summed E-state index contributed by atoms with van der Waals surface area (Å²) in [5.74, 6) is 0.567. The Bertz CT molecular complexity index is 362. The summed E-state index contributed by atoms with van der Waals surface area (Å²) >= 11 is 0. The number of rotatable bonds is 3. The lowest BCUT2D eigenvalue weighted by Gasteiger charge is -2.19. The van der Waals surface area contributed by atoms with Gasteiger partial charge in [-0.25, -0.2) is 0 Å². The van der Waals surface area contributed by atoms with Gasteiger partial charge in [0.1, 0.15) is 0 Å². The van der Waals surface area contributed by atoms with Crippen LogP contribution in [0.25, 0.3) is 0 Å². The maximum atomic E-state index is 3.41. The largest absolute Gasteiger partial charge is 0.385 e. The lowest BCUT2D eigenvalue weighted by Crippen LogP contribution is -2.22. The fourth-order valence-electron chi connectivity index (χ4n) is 1.89. The van der Waals surface area contributed by atoms with Crippen LogP contribution >= 0.6 is 0 Å². The Morgan fingerprint density at radius 3 is 2.47 bits per heavy atom. The Balaban J connectivity index is 0.000000686. The van der Waals surface area contributed by atoms with Crippen molar-refractivity contribution in [3.05, 3.63) is 59.8 Å². The molecule has 0 amide bonds. The highest BCUT2D eigenvalue weighted by atomic mass is 14.9. The number of benzene rings is 1. The fourth-order valence-corrected chi connectivity index (χ4v) is 1.89. The molecular weight excluding hydrogens is 206 g/mol. The molecule has 92 valence electrons. The monoisotopic (exact) mass is 229 g/mol. The van der Waals surface area contributed by atoms with Crippen LogP contribution in [0.1, 0.15) is 26.3 Å². The molecule has 17 heavy (non-hydrogen) atoms. The highest BCUT2D eigenvalue weighted by Crippen LogP contribution is 2.15. The molecule has 1 aromatic carbocycles. The van der Waals surface area contributed by atoms with Crippen molar-refractivity contribution in [1.82, 2.24) is 5.32 Å². The van der Waals surface area contributed by atoms with Crippen LogP contribution in [-0.2, 0) is 6.42 Å². The van der Waals surface area contributed by atoms with Gasteiger partial charge in [0.05, 0.1) is 0 Å². The van der Waals surface area contributed by atoms with Crippen molar-refractivity contribution in [2.24, 2.45) is 5.92 Å². The van der Waals surface area contributed by atoms with E-state index in [1.165, 1.54) is 11.3 Å². The minimum atomic E-state index is 0.567. The van der Waals surface area contributed by atoms with Crippen LogP contribution < -0.4 is 5.32 Å². The normalized spacial score (nSPS) is 15.1. The van der Waals surface area contributed by atoms with E-state index in [1.54, 1.807) is 0 Å². The Morgan fingerprint density at radius 1 is 1.18 bits per heavy atom. The Hall–Kier alpha value is -1.50. The van der Waals surface area contributed by atoms with Gasteiger partial charge < -0.3 is 5.32 Å². The van der Waals surface area contributed by atoms with Gasteiger partial charge in [-0.15, -0.1) is 0 Å². The van der Waals surface area contributed by atoms with E-state index in [-0.39, 0.29) is 0 Å². The van der Waals surface area contributed by atoms with E-state index < -0.39 is 0 Å². The van der Waals surface area contributed by atoms with Crippen molar-refractivity contribution >= 4 is 0 Å². The molecule has 0 spiro atoms. The lowest BCUT2D eigenvalue weighted by atomic mass is 9.97. The molecule has 1 heteroatoms. The van der Waals surface area contributed by atoms with Crippen molar-refractivity contribution in [3.8, 4) is 0 Å². The van der Waals surface area contributed by atoms with Gasteiger partial charge in [0, 0.05) is 12.2 Å². The minimum absolute atomic E-state index is 0.567. The van der Waals surface area contributed by atoms with Crippen LogP contribution in [0.15, 0.2) is 54.3 Å². The first-order valence-corrected chi connectivity index (χ1v) is 6.51. The summed E-state index contributed by atoms with van der Waals surface area (Å²) in [6.45, 7) is 7.23. The average molecular weight is 229 g/mol. The third-order valence-electron chi connectivity index (χ3n) is 2.75. The molecule has 0 radical (unpaired) electrons. The van der Waals surface area contributed by atoms with E-state index in [2.05, 4.69) is 60.8 Å². The summed E-state index contributed by atoms with van der Waals surface area (Å²) in [6.07, 6.45) is 7.55. The van der Waals surface area contributed by atoms with E-state index in [9.17, 15) is 0 Å². The molecule has 1 N–H and O–H groups in total. The molecular formula is C16H23N. The molecule has 0 aliphatic carbocycles. The predicted octanol–water partition coefficient (Wildman–Crippen LogP) is 3.93. The van der Waals surface area contributed by atoms with Crippen LogP contribution in [0.3, 0.4) is 0 Å². The maximum absolute atomic E-state index is 3.41. The van der Waals surface area contributed by atoms with Gasteiger partial charge in [0.15, 0.2) is 0 Å². The van der Waals surface area contributed by atoms with E-state index >= 15 is 0 Å². The number of hydrogen-bond acceptors (Lipinski definition) is 1. The summed E-state index contributed by atoms with van der Waals surface area (Å²) in [7, 11) is 0. The number of allylic oxidation sites excluding steroid dienone is 3. The second-order valence-electron chi connectivity index (χ2n) is 4.02. The van der Waals surface area contributed by atoms with Crippen molar-refractivity contribution in [3.63, 3.8) is 0 Å². The predicted molar refractivity (Wildman–Crippen MR) is 75.9 cm³/mol. The zero-order valence-electron chi connectivity index (χ0n) is 11.1. The molecule has 1 nitrogen and oxygen atoms in total. The molecule has 1 unspecified atom stereocenters. The minimum Gasteiger partial charge on any atom is -0.385 e. The van der Waals surface area contributed by atoms with Crippen LogP contribution in [0.2, 0.25) is 0 Å². The second-order valence-corrected chi connectivity index (χ2v) is 4.02. The second kappa shape index (κ2) is 7.72. The topological polar surface area (TPSA) is 12.0 Å².